The zero-order valence-corrected chi connectivity index (χ0v) is 19.0. The highest BCUT2D eigenvalue weighted by atomic mass is 16.2. The lowest BCUT2D eigenvalue weighted by atomic mass is 9.88. The van der Waals surface area contributed by atoms with E-state index in [4.69, 9.17) is 0 Å². The SMILES string of the molecule is CN1CCC(N2C[C@H](c3ccccc3)N3C(=O)N(Cc4ccccc4)C(=O)[C@@]3(C)C2)CC1. The number of amides is 3. The molecular weight excluding hydrogens is 400 g/mol. The number of hydrogen-bond acceptors (Lipinski definition) is 4. The summed E-state index contributed by atoms with van der Waals surface area (Å²) in [6.07, 6.45) is 2.20. The Labute approximate surface area is 190 Å². The maximum absolute atomic E-state index is 13.8. The van der Waals surface area contributed by atoms with Gasteiger partial charge in [-0.2, -0.15) is 0 Å². The maximum atomic E-state index is 13.8. The predicted octanol–water partition coefficient (Wildman–Crippen LogP) is 3.36. The summed E-state index contributed by atoms with van der Waals surface area (Å²) in [6.45, 7) is 5.80. The van der Waals surface area contributed by atoms with Crippen molar-refractivity contribution in [3.63, 3.8) is 0 Å². The van der Waals surface area contributed by atoms with Crippen LogP contribution in [0.2, 0.25) is 0 Å². The molecule has 2 aromatic carbocycles. The molecule has 5 rings (SSSR count). The number of hydrogen-bond donors (Lipinski definition) is 0. The molecule has 2 atom stereocenters. The van der Waals surface area contributed by atoms with Crippen LogP contribution in [0.4, 0.5) is 4.79 Å². The Balaban J connectivity index is 1.49. The van der Waals surface area contributed by atoms with E-state index in [1.807, 2.05) is 60.4 Å². The molecule has 0 spiro atoms. The number of imide groups is 1. The van der Waals surface area contributed by atoms with Crippen molar-refractivity contribution >= 4 is 11.9 Å². The first-order valence-electron chi connectivity index (χ1n) is 11.6. The fraction of sp³-hybridized carbons (Fsp3) is 0.462. The highest BCUT2D eigenvalue weighted by Crippen LogP contribution is 2.42. The van der Waals surface area contributed by atoms with Crippen LogP contribution in [0.15, 0.2) is 60.7 Å². The van der Waals surface area contributed by atoms with Crippen LogP contribution in [0.25, 0.3) is 0 Å². The van der Waals surface area contributed by atoms with Crippen molar-refractivity contribution in [3.05, 3.63) is 71.8 Å². The van der Waals surface area contributed by atoms with Crippen LogP contribution in [0.5, 0.6) is 0 Å². The Morgan fingerprint density at radius 2 is 1.56 bits per heavy atom. The van der Waals surface area contributed by atoms with Gasteiger partial charge in [-0.15, -0.1) is 0 Å². The Bertz CT molecular complexity index is 974. The summed E-state index contributed by atoms with van der Waals surface area (Å²) in [5, 5.41) is 0. The minimum absolute atomic E-state index is 0.0788. The molecule has 0 N–H and O–H groups in total. The first-order chi connectivity index (χ1) is 15.5. The van der Waals surface area contributed by atoms with Gasteiger partial charge in [0.2, 0.25) is 0 Å². The van der Waals surface area contributed by atoms with Crippen molar-refractivity contribution in [2.45, 2.75) is 43.9 Å². The molecule has 3 fully saturated rings. The molecule has 3 heterocycles. The van der Waals surface area contributed by atoms with Gasteiger partial charge in [-0.1, -0.05) is 60.7 Å². The van der Waals surface area contributed by atoms with Crippen LogP contribution >= 0.6 is 0 Å². The summed E-state index contributed by atoms with van der Waals surface area (Å²) < 4.78 is 0. The van der Waals surface area contributed by atoms with Crippen molar-refractivity contribution in [1.29, 1.82) is 0 Å². The smallest absolute Gasteiger partial charge is 0.306 e. The number of carbonyl (C=O) groups excluding carboxylic acids is 2. The average molecular weight is 433 g/mol. The zero-order chi connectivity index (χ0) is 22.3. The number of piperidine rings is 1. The lowest BCUT2D eigenvalue weighted by molar-refractivity contribution is -0.137. The maximum Gasteiger partial charge on any atom is 0.328 e. The highest BCUT2D eigenvalue weighted by molar-refractivity contribution is 6.07. The van der Waals surface area contributed by atoms with E-state index in [2.05, 4.69) is 29.0 Å². The first-order valence-corrected chi connectivity index (χ1v) is 11.6. The van der Waals surface area contributed by atoms with Gasteiger partial charge in [0.15, 0.2) is 0 Å². The predicted molar refractivity (Wildman–Crippen MR) is 124 cm³/mol. The fourth-order valence-electron chi connectivity index (χ4n) is 5.68. The molecule has 6 nitrogen and oxygen atoms in total. The van der Waals surface area contributed by atoms with Crippen LogP contribution in [0, 0.1) is 0 Å². The second-order valence-electron chi connectivity index (χ2n) is 9.69. The lowest BCUT2D eigenvalue weighted by Crippen LogP contribution is -2.64. The summed E-state index contributed by atoms with van der Waals surface area (Å²) >= 11 is 0. The number of fused-ring (bicyclic) bond motifs is 1. The quantitative estimate of drug-likeness (QED) is 0.695. The standard InChI is InChI=1S/C26H32N4O2/c1-26-19-28(22-13-15-27(2)16-14-22)18-23(21-11-7-4-8-12-21)30(26)25(32)29(24(26)31)17-20-9-5-3-6-10-20/h3-12,22-23H,13-19H2,1-2H3/t23-,26-/m1/s1. The number of piperazine rings is 1. The fourth-order valence-corrected chi connectivity index (χ4v) is 5.68. The molecular formula is C26H32N4O2. The van der Waals surface area contributed by atoms with E-state index in [9.17, 15) is 9.59 Å². The third kappa shape index (κ3) is 3.61. The molecule has 3 amide bonds. The Morgan fingerprint density at radius 3 is 2.22 bits per heavy atom. The molecule has 168 valence electrons. The third-order valence-corrected chi connectivity index (χ3v) is 7.48. The van der Waals surface area contributed by atoms with Gasteiger partial charge in [0.1, 0.15) is 5.54 Å². The molecule has 3 saturated heterocycles. The molecule has 3 aliphatic rings. The van der Waals surface area contributed by atoms with Gasteiger partial charge in [-0.3, -0.25) is 14.6 Å². The van der Waals surface area contributed by atoms with Gasteiger partial charge in [-0.25, -0.2) is 4.79 Å². The van der Waals surface area contributed by atoms with Gasteiger partial charge in [0.05, 0.1) is 12.6 Å². The highest BCUT2D eigenvalue weighted by Gasteiger charge is 2.60. The molecule has 2 aromatic rings. The molecule has 0 radical (unpaired) electrons. The minimum atomic E-state index is -0.853. The topological polar surface area (TPSA) is 47.1 Å². The van der Waals surface area contributed by atoms with Crippen LogP contribution in [-0.2, 0) is 11.3 Å². The number of urea groups is 1. The van der Waals surface area contributed by atoms with Crippen molar-refractivity contribution in [2.24, 2.45) is 0 Å². The summed E-state index contributed by atoms with van der Waals surface area (Å²) in [6, 6.07) is 20.1. The van der Waals surface area contributed by atoms with E-state index < -0.39 is 5.54 Å². The number of benzene rings is 2. The number of carbonyl (C=O) groups is 2. The van der Waals surface area contributed by atoms with E-state index in [1.165, 1.54) is 4.90 Å². The van der Waals surface area contributed by atoms with E-state index in [0.29, 0.717) is 19.1 Å². The first kappa shape index (κ1) is 21.2. The van der Waals surface area contributed by atoms with Gasteiger partial charge in [-0.05, 0) is 51.0 Å². The van der Waals surface area contributed by atoms with E-state index in [-0.39, 0.29) is 18.0 Å². The summed E-state index contributed by atoms with van der Waals surface area (Å²) in [5.74, 6) is -0.0788. The van der Waals surface area contributed by atoms with E-state index in [0.717, 1.165) is 43.6 Å². The van der Waals surface area contributed by atoms with Crippen LogP contribution in [-0.4, -0.2) is 76.3 Å². The molecule has 0 aliphatic carbocycles. The summed E-state index contributed by atoms with van der Waals surface area (Å²) in [5.41, 5.74) is 1.22. The molecule has 0 bridgehead atoms. The Hall–Kier alpha value is -2.70. The van der Waals surface area contributed by atoms with Crippen LogP contribution in [0.3, 0.4) is 0 Å². The molecule has 32 heavy (non-hydrogen) atoms. The van der Waals surface area contributed by atoms with E-state index in [1.54, 1.807) is 0 Å². The van der Waals surface area contributed by atoms with Crippen LogP contribution < -0.4 is 0 Å². The zero-order valence-electron chi connectivity index (χ0n) is 19.0. The molecule has 0 saturated carbocycles. The van der Waals surface area contributed by atoms with Crippen molar-refractivity contribution in [2.75, 3.05) is 33.2 Å². The average Bonchev–Trinajstić information content (AvgIpc) is 3.00. The van der Waals surface area contributed by atoms with Gasteiger partial charge >= 0.3 is 6.03 Å². The normalized spacial score (nSPS) is 27.8. The Kier molecular flexibility index (Phi) is 5.51. The van der Waals surface area contributed by atoms with Gasteiger partial charge in [0.25, 0.3) is 5.91 Å². The minimum Gasteiger partial charge on any atom is -0.306 e. The Morgan fingerprint density at radius 1 is 0.938 bits per heavy atom. The van der Waals surface area contributed by atoms with Crippen LogP contribution in [0.1, 0.15) is 36.9 Å². The van der Waals surface area contributed by atoms with Gasteiger partial charge < -0.3 is 9.80 Å². The van der Waals surface area contributed by atoms with Crippen molar-refractivity contribution in [3.8, 4) is 0 Å². The monoisotopic (exact) mass is 432 g/mol. The lowest BCUT2D eigenvalue weighted by Gasteiger charge is -2.51. The summed E-state index contributed by atoms with van der Waals surface area (Å²) in [7, 11) is 2.17. The van der Waals surface area contributed by atoms with Crippen molar-refractivity contribution in [1.82, 2.24) is 19.6 Å². The second kappa shape index (κ2) is 8.34. The molecule has 0 unspecified atom stereocenters. The second-order valence-corrected chi connectivity index (χ2v) is 9.69. The number of rotatable bonds is 4. The molecule has 3 aliphatic heterocycles. The molecule has 6 heteroatoms. The van der Waals surface area contributed by atoms with Crippen molar-refractivity contribution < 1.29 is 9.59 Å². The third-order valence-electron chi connectivity index (χ3n) is 7.48. The van der Waals surface area contributed by atoms with E-state index >= 15 is 0 Å². The number of likely N-dealkylation sites (tertiary alicyclic amines) is 1. The van der Waals surface area contributed by atoms with Gasteiger partial charge in [0, 0.05) is 19.1 Å². The number of nitrogens with zero attached hydrogens (tertiary/aromatic N) is 4. The largest absolute Gasteiger partial charge is 0.328 e. The molecule has 0 aromatic heterocycles. The summed E-state index contributed by atoms with van der Waals surface area (Å²) in [4.78, 5) is 35.6.